The number of ether oxygens (including phenoxy) is 1. The Labute approximate surface area is 224 Å². The zero-order chi connectivity index (χ0) is 26.6. The number of hydrogen-bond donors (Lipinski definition) is 2. The molecule has 0 saturated carbocycles. The van der Waals surface area contributed by atoms with Gasteiger partial charge in [-0.25, -0.2) is 9.31 Å². The largest absolute Gasteiger partial charge is 0.441 e. The first-order chi connectivity index (χ1) is 18.5. The number of fused-ring (bicyclic) bond motifs is 1. The Hall–Kier alpha value is -3.14. The van der Waals surface area contributed by atoms with Crippen LogP contribution in [0, 0.1) is 0 Å². The molecule has 1 atom stereocenters. The Bertz CT molecular complexity index is 1220. The monoisotopic (exact) mass is 521 g/mol. The van der Waals surface area contributed by atoms with Crippen molar-refractivity contribution in [2.24, 2.45) is 0 Å². The van der Waals surface area contributed by atoms with E-state index in [0.717, 1.165) is 23.3 Å². The Kier molecular flexibility index (Phi) is 8.16. The van der Waals surface area contributed by atoms with Crippen LogP contribution >= 0.6 is 0 Å². The number of carbonyl (C=O) groups is 1. The summed E-state index contributed by atoms with van der Waals surface area (Å²) in [5.74, 6) is 0.593. The Balaban J connectivity index is 1.27. The fraction of sp³-hybridized carbons (Fsp3) is 0.517. The number of aliphatic hydroxyl groups excluding tert-OH is 2. The maximum atomic E-state index is 12.4. The summed E-state index contributed by atoms with van der Waals surface area (Å²) in [4.78, 5) is 18.8. The summed E-state index contributed by atoms with van der Waals surface area (Å²) < 4.78 is 7.09. The van der Waals surface area contributed by atoms with Gasteiger partial charge in [0, 0.05) is 56.7 Å². The first-order valence-electron chi connectivity index (χ1n) is 13.7. The van der Waals surface area contributed by atoms with E-state index in [2.05, 4.69) is 65.3 Å². The minimum Gasteiger partial charge on any atom is -0.441 e. The lowest BCUT2D eigenvalue weighted by atomic mass is 9.89. The molecule has 5 rings (SSSR count). The molecule has 1 aromatic carbocycles. The number of hydrogen-bond acceptors (Lipinski definition) is 7. The number of piperazine rings is 1. The van der Waals surface area contributed by atoms with Gasteiger partial charge >= 0.3 is 6.09 Å². The summed E-state index contributed by atoms with van der Waals surface area (Å²) in [6.45, 7) is 8.42. The van der Waals surface area contributed by atoms with Crippen LogP contribution in [0.25, 0.3) is 16.6 Å². The van der Waals surface area contributed by atoms with Gasteiger partial charge in [0.25, 0.3) is 0 Å². The Morgan fingerprint density at radius 2 is 1.76 bits per heavy atom. The van der Waals surface area contributed by atoms with Crippen molar-refractivity contribution in [3.8, 4) is 11.1 Å². The van der Waals surface area contributed by atoms with Gasteiger partial charge in [0.1, 0.15) is 6.10 Å². The number of nitrogens with zero attached hydrogens (tertiary/aromatic N) is 5. The van der Waals surface area contributed by atoms with E-state index in [1.165, 1.54) is 30.5 Å². The van der Waals surface area contributed by atoms with Crippen LogP contribution in [0.2, 0.25) is 0 Å². The molecule has 0 bridgehead atoms. The molecule has 4 heterocycles. The molecule has 204 valence electrons. The van der Waals surface area contributed by atoms with E-state index in [1.54, 1.807) is 4.90 Å². The number of carbonyl (C=O) groups excluding carboxylic acids is 1. The van der Waals surface area contributed by atoms with E-state index in [9.17, 15) is 15.0 Å². The highest BCUT2D eigenvalue weighted by Gasteiger charge is 2.26. The van der Waals surface area contributed by atoms with E-state index in [0.29, 0.717) is 38.1 Å². The van der Waals surface area contributed by atoms with Gasteiger partial charge in [-0.3, -0.25) is 0 Å². The lowest BCUT2D eigenvalue weighted by molar-refractivity contribution is 0.00416. The second-order valence-corrected chi connectivity index (χ2v) is 10.7. The lowest BCUT2D eigenvalue weighted by Crippen LogP contribution is -2.50. The van der Waals surface area contributed by atoms with Crippen molar-refractivity contribution in [1.82, 2.24) is 19.4 Å². The van der Waals surface area contributed by atoms with Crippen molar-refractivity contribution in [3.05, 3.63) is 54.4 Å². The Morgan fingerprint density at radius 3 is 2.45 bits per heavy atom. The SMILES string of the molecule is CC(C)N1CCC[C@@H](c2ccc(-c3cc4c(N5CCN(C(=O)OC(CO)CO)CC5)ccnn4c3)cc2)C1. The number of rotatable bonds is 7. The maximum absolute atomic E-state index is 12.4. The Morgan fingerprint density at radius 1 is 1.03 bits per heavy atom. The molecule has 3 aromatic rings. The minimum atomic E-state index is -0.883. The number of likely N-dealkylation sites (tertiary alicyclic amines) is 1. The third-order valence-corrected chi connectivity index (χ3v) is 7.94. The summed E-state index contributed by atoms with van der Waals surface area (Å²) in [5.41, 5.74) is 5.84. The molecule has 9 heteroatoms. The summed E-state index contributed by atoms with van der Waals surface area (Å²) in [6.07, 6.45) is 5.01. The van der Waals surface area contributed by atoms with Crippen molar-refractivity contribution in [2.75, 3.05) is 57.4 Å². The summed E-state index contributed by atoms with van der Waals surface area (Å²) in [7, 11) is 0. The molecule has 0 radical (unpaired) electrons. The van der Waals surface area contributed by atoms with E-state index < -0.39 is 25.4 Å². The van der Waals surface area contributed by atoms with Crippen molar-refractivity contribution < 1.29 is 19.7 Å². The van der Waals surface area contributed by atoms with Crippen LogP contribution in [0.5, 0.6) is 0 Å². The third kappa shape index (κ3) is 5.65. The van der Waals surface area contributed by atoms with Gasteiger partial charge in [-0.1, -0.05) is 24.3 Å². The molecule has 9 nitrogen and oxygen atoms in total. The predicted molar refractivity (Wildman–Crippen MR) is 148 cm³/mol. The van der Waals surface area contributed by atoms with Crippen molar-refractivity contribution in [3.63, 3.8) is 0 Å². The van der Waals surface area contributed by atoms with E-state index >= 15 is 0 Å². The van der Waals surface area contributed by atoms with Crippen LogP contribution in [0.3, 0.4) is 0 Å². The molecule has 0 unspecified atom stereocenters. The topological polar surface area (TPSA) is 93.8 Å². The van der Waals surface area contributed by atoms with Gasteiger partial charge in [-0.2, -0.15) is 5.10 Å². The van der Waals surface area contributed by atoms with Crippen LogP contribution < -0.4 is 4.90 Å². The molecule has 0 spiro atoms. The second kappa shape index (κ2) is 11.7. The quantitative estimate of drug-likeness (QED) is 0.493. The van der Waals surface area contributed by atoms with E-state index in [-0.39, 0.29) is 0 Å². The number of benzene rings is 1. The zero-order valence-electron chi connectivity index (χ0n) is 22.4. The van der Waals surface area contributed by atoms with Gasteiger partial charge in [-0.15, -0.1) is 0 Å². The van der Waals surface area contributed by atoms with Crippen molar-refractivity contribution >= 4 is 17.3 Å². The molecule has 2 N–H and O–H groups in total. The fourth-order valence-electron chi connectivity index (χ4n) is 5.60. The average Bonchev–Trinajstić information content (AvgIpc) is 3.41. The van der Waals surface area contributed by atoms with Gasteiger partial charge in [0.05, 0.1) is 24.4 Å². The van der Waals surface area contributed by atoms with Crippen molar-refractivity contribution in [1.29, 1.82) is 0 Å². The molecule has 2 aliphatic heterocycles. The number of anilines is 1. The van der Waals surface area contributed by atoms with Gasteiger partial charge < -0.3 is 29.6 Å². The van der Waals surface area contributed by atoms with Gasteiger partial charge in [0.2, 0.25) is 0 Å². The van der Waals surface area contributed by atoms with Crippen LogP contribution in [-0.4, -0.2) is 100 Å². The van der Waals surface area contributed by atoms with E-state index in [1.807, 2.05) is 16.8 Å². The normalized spacial score (nSPS) is 19.1. The highest BCUT2D eigenvalue weighted by Crippen LogP contribution is 2.32. The molecule has 38 heavy (non-hydrogen) atoms. The molecule has 2 aliphatic rings. The highest BCUT2D eigenvalue weighted by atomic mass is 16.6. The fourth-order valence-corrected chi connectivity index (χ4v) is 5.60. The van der Waals surface area contributed by atoms with Crippen LogP contribution in [0.4, 0.5) is 10.5 Å². The summed E-state index contributed by atoms with van der Waals surface area (Å²) in [5, 5.41) is 22.9. The molecule has 1 amide bonds. The molecule has 0 aliphatic carbocycles. The third-order valence-electron chi connectivity index (χ3n) is 7.94. The minimum absolute atomic E-state index is 0.395. The van der Waals surface area contributed by atoms with Gasteiger partial charge in [-0.05, 0) is 62.4 Å². The van der Waals surface area contributed by atoms with Crippen molar-refractivity contribution in [2.45, 2.75) is 44.8 Å². The van der Waals surface area contributed by atoms with Crippen LogP contribution in [0.15, 0.2) is 48.8 Å². The second-order valence-electron chi connectivity index (χ2n) is 10.7. The molecular weight excluding hydrogens is 482 g/mol. The standard InChI is InChI=1S/C29H39N5O4/c1-21(2)33-11-3-4-24(17-33)22-5-7-23(8-6-22)25-16-28-27(9-10-30-34(28)18-25)31-12-14-32(15-13-31)29(37)38-26(19-35)20-36/h5-10,16,18,21,24,26,35-36H,3-4,11-15,17,19-20H2,1-2H3/t24-/m1/s1. The van der Waals surface area contributed by atoms with E-state index in [4.69, 9.17) is 4.74 Å². The number of piperidine rings is 1. The number of aromatic nitrogens is 2. The van der Waals surface area contributed by atoms with Gasteiger partial charge in [0.15, 0.2) is 0 Å². The molecule has 2 saturated heterocycles. The lowest BCUT2D eigenvalue weighted by Gasteiger charge is -2.36. The zero-order valence-corrected chi connectivity index (χ0v) is 22.4. The first-order valence-corrected chi connectivity index (χ1v) is 13.7. The molecule has 2 aromatic heterocycles. The maximum Gasteiger partial charge on any atom is 0.410 e. The summed E-state index contributed by atoms with van der Waals surface area (Å²) in [6, 6.07) is 13.8. The van der Waals surface area contributed by atoms with Crippen LogP contribution in [-0.2, 0) is 4.74 Å². The highest BCUT2D eigenvalue weighted by molar-refractivity contribution is 5.80. The molecule has 2 fully saturated rings. The van der Waals surface area contributed by atoms with Crippen LogP contribution in [0.1, 0.15) is 38.2 Å². The predicted octanol–water partition coefficient (Wildman–Crippen LogP) is 3.20. The number of amides is 1. The average molecular weight is 522 g/mol. The first kappa shape index (κ1) is 26.5. The summed E-state index contributed by atoms with van der Waals surface area (Å²) >= 11 is 0. The smallest absolute Gasteiger partial charge is 0.410 e. The molecular formula is C29H39N5O4. The number of aliphatic hydroxyl groups is 2.